The lowest BCUT2D eigenvalue weighted by molar-refractivity contribution is 0.409. The first-order chi connectivity index (χ1) is 7.95. The summed E-state index contributed by atoms with van der Waals surface area (Å²) in [6.45, 7) is 2.24. The molecular weight excluding hydrogens is 200 g/mol. The third-order valence-electron chi connectivity index (χ3n) is 3.98. The fraction of sp³-hybridized carbons (Fsp3) is 0.833. The van der Waals surface area contributed by atoms with E-state index in [4.69, 9.17) is 0 Å². The Hall–Kier alpha value is -0.900. The maximum absolute atomic E-state index is 4.36. The summed E-state index contributed by atoms with van der Waals surface area (Å²) in [5.74, 6) is 1.80. The Balaban J connectivity index is 1.80. The van der Waals surface area contributed by atoms with Crippen molar-refractivity contribution < 1.29 is 0 Å². The minimum absolute atomic E-state index is 0.580. The molecule has 3 rings (SSSR count). The highest BCUT2D eigenvalue weighted by atomic mass is 15.3. The van der Waals surface area contributed by atoms with Gasteiger partial charge < -0.3 is 9.88 Å². The van der Waals surface area contributed by atoms with Crippen LogP contribution in [0.4, 0.5) is 0 Å². The third kappa shape index (κ3) is 1.86. The fourth-order valence-corrected chi connectivity index (χ4v) is 3.08. The second-order valence-corrected chi connectivity index (χ2v) is 5.08. The number of hydrogen-bond acceptors (Lipinski definition) is 3. The van der Waals surface area contributed by atoms with Crippen molar-refractivity contribution in [3.63, 3.8) is 0 Å². The first-order valence-electron chi connectivity index (χ1n) is 6.55. The van der Waals surface area contributed by atoms with Gasteiger partial charge >= 0.3 is 0 Å². The van der Waals surface area contributed by atoms with Crippen molar-refractivity contribution >= 4 is 0 Å². The van der Waals surface area contributed by atoms with Crippen LogP contribution < -0.4 is 5.32 Å². The van der Waals surface area contributed by atoms with E-state index in [1.54, 1.807) is 0 Å². The highest BCUT2D eigenvalue weighted by Crippen LogP contribution is 2.32. The Morgan fingerprint density at radius 3 is 2.81 bits per heavy atom. The molecule has 1 atom stereocenters. The molecule has 0 amide bonds. The lowest BCUT2D eigenvalue weighted by Crippen LogP contribution is -2.30. The van der Waals surface area contributed by atoms with E-state index in [1.165, 1.54) is 44.3 Å². The molecule has 1 aliphatic carbocycles. The van der Waals surface area contributed by atoms with E-state index in [0.29, 0.717) is 12.0 Å². The number of aromatic nitrogens is 3. The van der Waals surface area contributed by atoms with Gasteiger partial charge in [0.2, 0.25) is 0 Å². The minimum Gasteiger partial charge on any atom is -0.316 e. The van der Waals surface area contributed by atoms with Crippen molar-refractivity contribution in [1.29, 1.82) is 0 Å². The molecule has 1 saturated carbocycles. The van der Waals surface area contributed by atoms with Crippen LogP contribution in [0, 0.1) is 0 Å². The molecule has 2 heterocycles. The molecule has 88 valence electrons. The summed E-state index contributed by atoms with van der Waals surface area (Å²) in [4.78, 5) is 0. The zero-order valence-electron chi connectivity index (χ0n) is 9.73. The molecule has 1 N–H and O–H groups in total. The first-order valence-corrected chi connectivity index (χ1v) is 6.55. The van der Waals surface area contributed by atoms with Gasteiger partial charge in [-0.05, 0) is 32.2 Å². The molecule has 1 aromatic rings. The predicted octanol–water partition coefficient (Wildman–Crippen LogP) is 1.86. The molecular formula is C12H20N4. The predicted molar refractivity (Wildman–Crippen MR) is 62.4 cm³/mol. The number of hydrogen-bond donors (Lipinski definition) is 1. The van der Waals surface area contributed by atoms with Crippen LogP contribution in [-0.2, 0) is 0 Å². The van der Waals surface area contributed by atoms with E-state index in [-0.39, 0.29) is 0 Å². The maximum atomic E-state index is 4.36. The molecule has 16 heavy (non-hydrogen) atoms. The van der Waals surface area contributed by atoms with Crippen molar-refractivity contribution in [2.24, 2.45) is 0 Å². The van der Waals surface area contributed by atoms with E-state index in [1.807, 2.05) is 6.33 Å². The Morgan fingerprint density at radius 2 is 2.06 bits per heavy atom. The molecule has 2 aliphatic rings. The molecule has 0 radical (unpaired) electrons. The summed E-state index contributed by atoms with van der Waals surface area (Å²) in [7, 11) is 0. The molecule has 0 unspecified atom stereocenters. The van der Waals surface area contributed by atoms with Crippen LogP contribution in [0.5, 0.6) is 0 Å². The van der Waals surface area contributed by atoms with Crippen molar-refractivity contribution in [1.82, 2.24) is 20.1 Å². The van der Waals surface area contributed by atoms with Gasteiger partial charge in [0.05, 0.1) is 0 Å². The monoisotopic (exact) mass is 220 g/mol. The third-order valence-corrected chi connectivity index (χ3v) is 3.98. The maximum Gasteiger partial charge on any atom is 0.137 e. The van der Waals surface area contributed by atoms with Crippen LogP contribution >= 0.6 is 0 Å². The van der Waals surface area contributed by atoms with E-state index >= 15 is 0 Å². The average Bonchev–Trinajstić information content (AvgIpc) is 3.01. The SMILES string of the molecule is c1nnc([C@@H]2CCCNC2)n1C1CCCC1. The summed E-state index contributed by atoms with van der Waals surface area (Å²) >= 11 is 0. The lowest BCUT2D eigenvalue weighted by Gasteiger charge is -2.24. The van der Waals surface area contributed by atoms with Crippen molar-refractivity contribution in [3.05, 3.63) is 12.2 Å². The minimum atomic E-state index is 0.580. The summed E-state index contributed by atoms with van der Waals surface area (Å²) in [5.41, 5.74) is 0. The van der Waals surface area contributed by atoms with E-state index in [9.17, 15) is 0 Å². The summed E-state index contributed by atoms with van der Waals surface area (Å²) < 4.78 is 2.35. The normalized spacial score (nSPS) is 27.4. The van der Waals surface area contributed by atoms with Gasteiger partial charge in [-0.2, -0.15) is 0 Å². The molecule has 1 aliphatic heterocycles. The van der Waals surface area contributed by atoms with Crippen molar-refractivity contribution in [2.75, 3.05) is 13.1 Å². The van der Waals surface area contributed by atoms with Gasteiger partial charge in [-0.15, -0.1) is 10.2 Å². The van der Waals surface area contributed by atoms with Gasteiger partial charge in [0.25, 0.3) is 0 Å². The lowest BCUT2D eigenvalue weighted by atomic mass is 9.98. The molecule has 0 spiro atoms. The number of rotatable bonds is 2. The highest BCUT2D eigenvalue weighted by molar-refractivity contribution is 5.01. The second-order valence-electron chi connectivity index (χ2n) is 5.08. The molecule has 1 aromatic heterocycles. The number of piperidine rings is 1. The van der Waals surface area contributed by atoms with Gasteiger partial charge in [0.15, 0.2) is 0 Å². The van der Waals surface area contributed by atoms with E-state index in [2.05, 4.69) is 20.1 Å². The Bertz CT molecular complexity index is 335. The zero-order valence-corrected chi connectivity index (χ0v) is 9.73. The van der Waals surface area contributed by atoms with Crippen LogP contribution in [-0.4, -0.2) is 27.9 Å². The van der Waals surface area contributed by atoms with Gasteiger partial charge in [-0.3, -0.25) is 0 Å². The molecule has 4 heteroatoms. The van der Waals surface area contributed by atoms with Crippen molar-refractivity contribution in [3.8, 4) is 0 Å². The van der Waals surface area contributed by atoms with Crippen LogP contribution in [0.15, 0.2) is 6.33 Å². The van der Waals surface area contributed by atoms with Gasteiger partial charge in [-0.1, -0.05) is 12.8 Å². The molecule has 4 nitrogen and oxygen atoms in total. The molecule has 2 fully saturated rings. The van der Waals surface area contributed by atoms with Gasteiger partial charge in [-0.25, -0.2) is 0 Å². The van der Waals surface area contributed by atoms with Crippen LogP contribution in [0.3, 0.4) is 0 Å². The largest absolute Gasteiger partial charge is 0.316 e. The fourth-order valence-electron chi connectivity index (χ4n) is 3.08. The summed E-state index contributed by atoms with van der Waals surface area (Å²) in [5, 5.41) is 11.9. The van der Waals surface area contributed by atoms with Crippen LogP contribution in [0.1, 0.15) is 56.3 Å². The summed E-state index contributed by atoms with van der Waals surface area (Å²) in [6.07, 6.45) is 9.83. The standard InChI is InChI=1S/C12H20N4/c1-2-6-11(5-1)16-9-14-15-12(16)10-4-3-7-13-8-10/h9-11,13H,1-8H2/t10-/m1/s1. The van der Waals surface area contributed by atoms with E-state index < -0.39 is 0 Å². The Labute approximate surface area is 96.4 Å². The average molecular weight is 220 g/mol. The number of nitrogens with one attached hydrogen (secondary N) is 1. The van der Waals surface area contributed by atoms with E-state index in [0.717, 1.165) is 13.1 Å². The van der Waals surface area contributed by atoms with Crippen LogP contribution in [0.2, 0.25) is 0 Å². The van der Waals surface area contributed by atoms with Crippen molar-refractivity contribution in [2.45, 2.75) is 50.5 Å². The topological polar surface area (TPSA) is 42.7 Å². The Kier molecular flexibility index (Phi) is 2.91. The molecule has 0 bridgehead atoms. The number of nitrogens with zero attached hydrogens (tertiary/aromatic N) is 3. The van der Waals surface area contributed by atoms with Crippen LogP contribution in [0.25, 0.3) is 0 Å². The van der Waals surface area contributed by atoms with Gasteiger partial charge in [0, 0.05) is 18.5 Å². The zero-order chi connectivity index (χ0) is 10.8. The smallest absolute Gasteiger partial charge is 0.137 e. The van der Waals surface area contributed by atoms with Gasteiger partial charge in [0.1, 0.15) is 12.2 Å². The molecule has 0 aromatic carbocycles. The highest BCUT2D eigenvalue weighted by Gasteiger charge is 2.25. The molecule has 1 saturated heterocycles. The second kappa shape index (κ2) is 4.53. The first kappa shape index (κ1) is 10.3. The summed E-state index contributed by atoms with van der Waals surface area (Å²) in [6, 6.07) is 0.673. The Morgan fingerprint density at radius 1 is 1.19 bits per heavy atom. The quantitative estimate of drug-likeness (QED) is 0.827.